The van der Waals surface area contributed by atoms with Crippen LogP contribution in [0.2, 0.25) is 5.02 Å². The lowest BCUT2D eigenvalue weighted by molar-refractivity contribution is 0.0950. The number of halogens is 1. The molecular formula is C18H22ClN3O4S. The maximum Gasteiger partial charge on any atom is 0.253 e. The van der Waals surface area contributed by atoms with Gasteiger partial charge in [0.1, 0.15) is 0 Å². The number of nitrogens with one attached hydrogen (secondary N) is 3. The molecule has 0 aliphatic carbocycles. The molecule has 0 atom stereocenters. The lowest BCUT2D eigenvalue weighted by Crippen LogP contribution is -2.31. The average Bonchev–Trinajstić information content (AvgIpc) is 2.52. The number of pyridine rings is 1. The highest BCUT2D eigenvalue weighted by Gasteiger charge is 2.20. The van der Waals surface area contributed by atoms with Crippen LogP contribution in [0, 0.1) is 13.8 Å². The quantitative estimate of drug-likeness (QED) is 0.677. The Hall–Kier alpha value is -2.16. The van der Waals surface area contributed by atoms with Gasteiger partial charge in [0.2, 0.25) is 10.0 Å². The molecule has 2 rings (SSSR count). The zero-order chi connectivity index (χ0) is 20.4. The van der Waals surface area contributed by atoms with Crippen LogP contribution in [0.15, 0.2) is 34.0 Å². The number of aromatic nitrogens is 1. The van der Waals surface area contributed by atoms with Gasteiger partial charge in [-0.15, -0.1) is 0 Å². The summed E-state index contributed by atoms with van der Waals surface area (Å²) in [5, 5.41) is 2.73. The molecule has 0 aliphatic rings. The summed E-state index contributed by atoms with van der Waals surface area (Å²) in [5.41, 5.74) is 1.64. The maximum absolute atomic E-state index is 12.5. The Morgan fingerprint density at radius 1 is 1.22 bits per heavy atom. The van der Waals surface area contributed by atoms with Crippen LogP contribution in [0.1, 0.15) is 41.0 Å². The molecule has 0 unspecified atom stereocenters. The minimum Gasteiger partial charge on any atom is -0.348 e. The third-order valence-corrected chi connectivity index (χ3v) is 5.79. The highest BCUT2D eigenvalue weighted by Crippen LogP contribution is 2.21. The van der Waals surface area contributed by atoms with Crippen molar-refractivity contribution < 1.29 is 13.2 Å². The zero-order valence-electron chi connectivity index (χ0n) is 15.5. The predicted octanol–water partition coefficient (Wildman–Crippen LogP) is 2.26. The molecule has 1 aromatic carbocycles. The molecule has 2 aromatic rings. The number of aryl methyl sites for hydroxylation is 2. The average molecular weight is 412 g/mol. The second-order valence-electron chi connectivity index (χ2n) is 6.54. The minimum absolute atomic E-state index is 0.00215. The molecule has 0 saturated carbocycles. The van der Waals surface area contributed by atoms with E-state index in [1.807, 2.05) is 0 Å². The third-order valence-electron chi connectivity index (χ3n) is 3.80. The van der Waals surface area contributed by atoms with E-state index in [-0.39, 0.29) is 33.6 Å². The monoisotopic (exact) mass is 411 g/mol. The van der Waals surface area contributed by atoms with E-state index in [0.29, 0.717) is 5.56 Å². The lowest BCUT2D eigenvalue weighted by atomic mass is 10.1. The van der Waals surface area contributed by atoms with Gasteiger partial charge in [0.15, 0.2) is 0 Å². The first kappa shape index (κ1) is 21.1. The van der Waals surface area contributed by atoms with Crippen molar-refractivity contribution in [1.29, 1.82) is 0 Å². The SMILES string of the molecule is Cc1cc(C)c(CNC(=O)c2cc(S(=O)(=O)NC(C)C)ccc2Cl)c(=O)[nH]1. The summed E-state index contributed by atoms with van der Waals surface area (Å²) >= 11 is 6.07. The summed E-state index contributed by atoms with van der Waals surface area (Å²) in [6.45, 7) is 6.94. The van der Waals surface area contributed by atoms with Crippen LogP contribution in [0.25, 0.3) is 0 Å². The van der Waals surface area contributed by atoms with Crippen molar-refractivity contribution in [3.05, 3.63) is 62.0 Å². The summed E-state index contributed by atoms with van der Waals surface area (Å²) < 4.78 is 27.0. The fourth-order valence-electron chi connectivity index (χ4n) is 2.59. The topological polar surface area (TPSA) is 108 Å². The van der Waals surface area contributed by atoms with Gasteiger partial charge < -0.3 is 10.3 Å². The van der Waals surface area contributed by atoms with E-state index >= 15 is 0 Å². The molecule has 27 heavy (non-hydrogen) atoms. The van der Waals surface area contributed by atoms with Gasteiger partial charge in [-0.25, -0.2) is 13.1 Å². The maximum atomic E-state index is 12.5. The van der Waals surface area contributed by atoms with E-state index < -0.39 is 15.9 Å². The van der Waals surface area contributed by atoms with E-state index in [2.05, 4.69) is 15.0 Å². The molecule has 0 saturated heterocycles. The number of hydrogen-bond acceptors (Lipinski definition) is 4. The van der Waals surface area contributed by atoms with Crippen molar-refractivity contribution in [3.63, 3.8) is 0 Å². The molecule has 1 heterocycles. The van der Waals surface area contributed by atoms with Crippen molar-refractivity contribution in [3.8, 4) is 0 Å². The molecule has 0 fully saturated rings. The Kier molecular flexibility index (Phi) is 6.46. The van der Waals surface area contributed by atoms with Gasteiger partial charge in [-0.2, -0.15) is 0 Å². The van der Waals surface area contributed by atoms with Gasteiger partial charge in [0, 0.05) is 23.8 Å². The van der Waals surface area contributed by atoms with Crippen molar-refractivity contribution in [2.24, 2.45) is 0 Å². The van der Waals surface area contributed by atoms with Crippen LogP contribution >= 0.6 is 11.6 Å². The van der Waals surface area contributed by atoms with E-state index in [0.717, 1.165) is 11.3 Å². The molecule has 0 bridgehead atoms. The largest absolute Gasteiger partial charge is 0.348 e. The van der Waals surface area contributed by atoms with Crippen molar-refractivity contribution in [1.82, 2.24) is 15.0 Å². The molecule has 0 radical (unpaired) electrons. The Morgan fingerprint density at radius 2 is 1.89 bits per heavy atom. The van der Waals surface area contributed by atoms with Crippen LogP contribution < -0.4 is 15.6 Å². The van der Waals surface area contributed by atoms with Crippen molar-refractivity contribution in [2.45, 2.75) is 45.2 Å². The molecular weight excluding hydrogens is 390 g/mol. The van der Waals surface area contributed by atoms with E-state index in [4.69, 9.17) is 11.6 Å². The number of sulfonamides is 1. The highest BCUT2D eigenvalue weighted by molar-refractivity contribution is 7.89. The molecule has 0 spiro atoms. The van der Waals surface area contributed by atoms with Crippen LogP contribution in [0.4, 0.5) is 0 Å². The molecule has 1 amide bonds. The number of hydrogen-bond donors (Lipinski definition) is 3. The summed E-state index contributed by atoms with van der Waals surface area (Å²) in [6, 6.07) is 5.42. The molecule has 3 N–H and O–H groups in total. The van der Waals surface area contributed by atoms with Crippen LogP contribution in [0.5, 0.6) is 0 Å². The number of carbonyl (C=O) groups excluding carboxylic acids is 1. The Bertz CT molecular complexity index is 1030. The van der Waals surface area contributed by atoms with Crippen LogP contribution in [-0.2, 0) is 16.6 Å². The van der Waals surface area contributed by atoms with Crippen LogP contribution in [0.3, 0.4) is 0 Å². The van der Waals surface area contributed by atoms with E-state index in [1.54, 1.807) is 33.8 Å². The van der Waals surface area contributed by atoms with Gasteiger partial charge in [-0.3, -0.25) is 9.59 Å². The first-order valence-electron chi connectivity index (χ1n) is 8.30. The number of amides is 1. The number of benzene rings is 1. The second-order valence-corrected chi connectivity index (χ2v) is 8.66. The van der Waals surface area contributed by atoms with Gasteiger partial charge in [0.05, 0.1) is 15.5 Å². The molecule has 9 heteroatoms. The van der Waals surface area contributed by atoms with Gasteiger partial charge in [0.25, 0.3) is 11.5 Å². The second kappa shape index (κ2) is 8.24. The minimum atomic E-state index is -3.76. The number of H-pyrrole nitrogens is 1. The van der Waals surface area contributed by atoms with Gasteiger partial charge in [-0.05, 0) is 57.5 Å². The summed E-state index contributed by atoms with van der Waals surface area (Å²) in [6.07, 6.45) is 0. The molecule has 0 aliphatic heterocycles. The number of carbonyl (C=O) groups is 1. The molecule has 1 aromatic heterocycles. The molecule has 146 valence electrons. The van der Waals surface area contributed by atoms with Crippen LogP contribution in [-0.4, -0.2) is 25.4 Å². The first-order valence-corrected chi connectivity index (χ1v) is 10.2. The normalized spacial score (nSPS) is 11.6. The van der Waals surface area contributed by atoms with Gasteiger partial charge in [-0.1, -0.05) is 11.6 Å². The van der Waals surface area contributed by atoms with Crippen molar-refractivity contribution >= 4 is 27.5 Å². The first-order chi connectivity index (χ1) is 12.5. The summed E-state index contributed by atoms with van der Waals surface area (Å²) in [7, 11) is -3.76. The lowest BCUT2D eigenvalue weighted by Gasteiger charge is -2.12. The fourth-order valence-corrected chi connectivity index (χ4v) is 4.07. The molecule has 7 nitrogen and oxygen atoms in total. The third kappa shape index (κ3) is 5.18. The van der Waals surface area contributed by atoms with Gasteiger partial charge >= 0.3 is 0 Å². The Morgan fingerprint density at radius 3 is 2.48 bits per heavy atom. The number of rotatable bonds is 6. The summed E-state index contributed by atoms with van der Waals surface area (Å²) in [4.78, 5) is 27.2. The number of aromatic amines is 1. The van der Waals surface area contributed by atoms with Crippen molar-refractivity contribution in [2.75, 3.05) is 0 Å². The fraction of sp³-hybridized carbons (Fsp3) is 0.333. The Labute approximate surface area is 163 Å². The smallest absolute Gasteiger partial charge is 0.253 e. The Balaban J connectivity index is 2.27. The highest BCUT2D eigenvalue weighted by atomic mass is 35.5. The summed E-state index contributed by atoms with van der Waals surface area (Å²) in [5.74, 6) is -0.569. The van der Waals surface area contributed by atoms with E-state index in [1.165, 1.54) is 18.2 Å². The zero-order valence-corrected chi connectivity index (χ0v) is 17.1. The van der Waals surface area contributed by atoms with E-state index in [9.17, 15) is 18.0 Å². The predicted molar refractivity (Wildman–Crippen MR) is 105 cm³/mol. The standard InChI is InChI=1S/C18H22ClN3O4S/c1-10(2)22-27(25,26)13-5-6-16(19)14(8-13)17(23)20-9-15-11(3)7-12(4)21-18(15)24/h5-8,10,22H,9H2,1-4H3,(H,20,23)(H,21,24).